The number of aromatic nitrogens is 1. The molecule has 1 rings (SSSR count). The molecule has 2 N–H and O–H groups in total. The molecule has 3 nitrogen and oxygen atoms in total. The van der Waals surface area contributed by atoms with Gasteiger partial charge in [0.15, 0.2) is 0 Å². The van der Waals surface area contributed by atoms with Gasteiger partial charge in [-0.1, -0.05) is 6.07 Å². The molecule has 0 saturated heterocycles. The number of aliphatic hydroxyl groups is 2. The van der Waals surface area contributed by atoms with Crippen molar-refractivity contribution in [2.24, 2.45) is 0 Å². The van der Waals surface area contributed by atoms with Crippen LogP contribution < -0.4 is 0 Å². The van der Waals surface area contributed by atoms with E-state index < -0.39 is 5.60 Å². The van der Waals surface area contributed by atoms with E-state index in [-0.39, 0.29) is 6.61 Å². The van der Waals surface area contributed by atoms with Gasteiger partial charge in [0, 0.05) is 6.20 Å². The first-order chi connectivity index (χ1) is 5.17. The molecule has 0 saturated carbocycles. The van der Waals surface area contributed by atoms with E-state index in [2.05, 4.69) is 4.98 Å². The highest BCUT2D eigenvalue weighted by Crippen LogP contribution is 2.15. The molecule has 1 atom stereocenters. The number of aliphatic hydroxyl groups excluding tert-OH is 1. The van der Waals surface area contributed by atoms with Gasteiger partial charge in [0.1, 0.15) is 5.60 Å². The Morgan fingerprint density at radius 2 is 2.27 bits per heavy atom. The van der Waals surface area contributed by atoms with Crippen LogP contribution in [0.3, 0.4) is 0 Å². The number of hydrogen-bond donors (Lipinski definition) is 2. The van der Waals surface area contributed by atoms with E-state index in [1.54, 1.807) is 24.4 Å². The van der Waals surface area contributed by atoms with Crippen molar-refractivity contribution in [1.29, 1.82) is 0 Å². The minimum Gasteiger partial charge on any atom is -0.393 e. The first-order valence-corrected chi connectivity index (χ1v) is 3.41. The van der Waals surface area contributed by atoms with Gasteiger partial charge in [-0.2, -0.15) is 0 Å². The van der Waals surface area contributed by atoms with E-state index in [0.29, 0.717) is 5.69 Å². The summed E-state index contributed by atoms with van der Waals surface area (Å²) in [5.41, 5.74) is -0.733. The van der Waals surface area contributed by atoms with Gasteiger partial charge in [-0.3, -0.25) is 4.98 Å². The van der Waals surface area contributed by atoms with Crippen molar-refractivity contribution < 1.29 is 10.2 Å². The molecule has 1 heterocycles. The maximum Gasteiger partial charge on any atom is 0.127 e. The second kappa shape index (κ2) is 2.98. The second-order valence-corrected chi connectivity index (χ2v) is 2.65. The number of pyridine rings is 1. The van der Waals surface area contributed by atoms with Crippen molar-refractivity contribution >= 4 is 0 Å². The van der Waals surface area contributed by atoms with Crippen LogP contribution in [0.1, 0.15) is 12.6 Å². The maximum absolute atomic E-state index is 9.48. The highest BCUT2D eigenvalue weighted by atomic mass is 16.3. The highest BCUT2D eigenvalue weighted by molar-refractivity contribution is 5.11. The van der Waals surface area contributed by atoms with Gasteiger partial charge < -0.3 is 10.2 Å². The Hall–Kier alpha value is -0.930. The van der Waals surface area contributed by atoms with E-state index >= 15 is 0 Å². The lowest BCUT2D eigenvalue weighted by Gasteiger charge is -2.18. The molecule has 0 bridgehead atoms. The summed E-state index contributed by atoms with van der Waals surface area (Å²) in [5, 5.41) is 18.2. The molecule has 0 aliphatic rings. The number of rotatable bonds is 2. The van der Waals surface area contributed by atoms with Gasteiger partial charge in [-0.25, -0.2) is 0 Å². The maximum atomic E-state index is 9.48. The summed E-state index contributed by atoms with van der Waals surface area (Å²) in [5.74, 6) is 0. The van der Waals surface area contributed by atoms with Crippen molar-refractivity contribution in [1.82, 2.24) is 4.98 Å². The van der Waals surface area contributed by atoms with Crippen LogP contribution in [0.5, 0.6) is 0 Å². The predicted octanol–water partition coefficient (Wildman–Crippen LogP) is 0.281. The van der Waals surface area contributed by atoms with E-state index in [4.69, 9.17) is 5.11 Å². The SMILES string of the molecule is CC(O)(CO)c1ccccn1. The first kappa shape index (κ1) is 8.17. The monoisotopic (exact) mass is 153 g/mol. The first-order valence-electron chi connectivity index (χ1n) is 3.41. The highest BCUT2D eigenvalue weighted by Gasteiger charge is 2.22. The summed E-state index contributed by atoms with van der Waals surface area (Å²) < 4.78 is 0. The Balaban J connectivity index is 2.93. The topological polar surface area (TPSA) is 53.4 Å². The van der Waals surface area contributed by atoms with Crippen LogP contribution in [0.2, 0.25) is 0 Å². The Labute approximate surface area is 65.3 Å². The summed E-state index contributed by atoms with van der Waals surface area (Å²) in [7, 11) is 0. The average molecular weight is 153 g/mol. The largest absolute Gasteiger partial charge is 0.393 e. The zero-order valence-electron chi connectivity index (χ0n) is 6.36. The number of nitrogens with zero attached hydrogens (tertiary/aromatic N) is 1. The molecule has 3 heteroatoms. The molecular formula is C8H11NO2. The Morgan fingerprint density at radius 3 is 2.73 bits per heavy atom. The summed E-state index contributed by atoms with van der Waals surface area (Å²) in [6.07, 6.45) is 1.58. The minimum atomic E-state index is -1.22. The van der Waals surface area contributed by atoms with E-state index in [0.717, 1.165) is 0 Å². The van der Waals surface area contributed by atoms with Gasteiger partial charge in [-0.05, 0) is 19.1 Å². The van der Waals surface area contributed by atoms with Crippen molar-refractivity contribution in [2.45, 2.75) is 12.5 Å². The molecule has 0 aliphatic heterocycles. The van der Waals surface area contributed by atoms with E-state index in [9.17, 15) is 5.11 Å². The molecule has 11 heavy (non-hydrogen) atoms. The zero-order valence-corrected chi connectivity index (χ0v) is 6.36. The van der Waals surface area contributed by atoms with Crippen LogP contribution in [-0.4, -0.2) is 21.8 Å². The van der Waals surface area contributed by atoms with Crippen LogP contribution in [0.25, 0.3) is 0 Å². The Kier molecular flexibility index (Phi) is 2.22. The fraction of sp³-hybridized carbons (Fsp3) is 0.375. The van der Waals surface area contributed by atoms with Gasteiger partial charge >= 0.3 is 0 Å². The van der Waals surface area contributed by atoms with Gasteiger partial charge in [0.2, 0.25) is 0 Å². The molecule has 0 amide bonds. The van der Waals surface area contributed by atoms with Crippen LogP contribution in [0, 0.1) is 0 Å². The zero-order chi connectivity index (χ0) is 8.32. The third-order valence-electron chi connectivity index (χ3n) is 1.52. The van der Waals surface area contributed by atoms with Crippen LogP contribution in [0.4, 0.5) is 0 Å². The van der Waals surface area contributed by atoms with E-state index in [1.165, 1.54) is 6.92 Å². The quantitative estimate of drug-likeness (QED) is 0.641. The number of hydrogen-bond acceptors (Lipinski definition) is 3. The lowest BCUT2D eigenvalue weighted by molar-refractivity contribution is -0.00584. The molecule has 0 fully saturated rings. The molecule has 1 unspecified atom stereocenters. The molecule has 60 valence electrons. The summed E-state index contributed by atoms with van der Waals surface area (Å²) in [6.45, 7) is 1.21. The Bertz CT molecular complexity index is 221. The van der Waals surface area contributed by atoms with Crippen LogP contribution in [-0.2, 0) is 5.60 Å². The van der Waals surface area contributed by atoms with Gasteiger partial charge in [-0.15, -0.1) is 0 Å². The third kappa shape index (κ3) is 1.76. The fourth-order valence-electron chi connectivity index (χ4n) is 0.762. The minimum absolute atomic E-state index is 0.315. The second-order valence-electron chi connectivity index (χ2n) is 2.65. The standard InChI is InChI=1S/C8H11NO2/c1-8(11,6-10)7-4-2-3-5-9-7/h2-5,10-11H,6H2,1H3. The van der Waals surface area contributed by atoms with Gasteiger partial charge in [0.25, 0.3) is 0 Å². The Morgan fingerprint density at radius 1 is 1.55 bits per heavy atom. The smallest absolute Gasteiger partial charge is 0.127 e. The molecule has 0 aliphatic carbocycles. The van der Waals surface area contributed by atoms with Crippen molar-refractivity contribution in [2.75, 3.05) is 6.61 Å². The predicted molar refractivity (Wildman–Crippen MR) is 40.9 cm³/mol. The lowest BCUT2D eigenvalue weighted by Crippen LogP contribution is -2.26. The molecular weight excluding hydrogens is 142 g/mol. The molecule has 0 radical (unpaired) electrons. The molecule has 1 aromatic heterocycles. The van der Waals surface area contributed by atoms with Crippen LogP contribution in [0.15, 0.2) is 24.4 Å². The normalized spacial score (nSPS) is 15.9. The summed E-state index contributed by atoms with van der Waals surface area (Å²) >= 11 is 0. The van der Waals surface area contributed by atoms with E-state index in [1.807, 2.05) is 0 Å². The lowest BCUT2D eigenvalue weighted by atomic mass is 10.0. The summed E-state index contributed by atoms with van der Waals surface area (Å²) in [4.78, 5) is 3.91. The van der Waals surface area contributed by atoms with Crippen molar-refractivity contribution in [3.05, 3.63) is 30.1 Å². The fourth-order valence-corrected chi connectivity index (χ4v) is 0.762. The average Bonchev–Trinajstić information content (AvgIpc) is 2.06. The van der Waals surface area contributed by atoms with Crippen molar-refractivity contribution in [3.63, 3.8) is 0 Å². The third-order valence-corrected chi connectivity index (χ3v) is 1.52. The van der Waals surface area contributed by atoms with Crippen molar-refractivity contribution in [3.8, 4) is 0 Å². The molecule has 1 aromatic rings. The molecule has 0 spiro atoms. The van der Waals surface area contributed by atoms with Gasteiger partial charge in [0.05, 0.1) is 12.3 Å². The molecule has 0 aromatic carbocycles. The summed E-state index contributed by atoms with van der Waals surface area (Å²) in [6, 6.07) is 5.21. The van der Waals surface area contributed by atoms with Crippen LogP contribution >= 0.6 is 0 Å².